The molecule has 1 fully saturated rings. The van der Waals surface area contributed by atoms with Crippen molar-refractivity contribution in [1.82, 2.24) is 0 Å². The quantitative estimate of drug-likeness (QED) is 0.669. The Hall–Kier alpha value is -3.21. The van der Waals surface area contributed by atoms with E-state index in [1.165, 1.54) is 13.2 Å². The molecule has 11 heteroatoms. The van der Waals surface area contributed by atoms with Crippen molar-refractivity contribution in [2.45, 2.75) is 35.6 Å². The third-order valence-corrected chi connectivity index (χ3v) is 6.60. The lowest BCUT2D eigenvalue weighted by Gasteiger charge is -2.24. The number of rotatable bonds is 5. The van der Waals surface area contributed by atoms with Gasteiger partial charge in [-0.25, -0.2) is 0 Å². The summed E-state index contributed by atoms with van der Waals surface area (Å²) in [6, 6.07) is 8.05. The van der Waals surface area contributed by atoms with E-state index >= 15 is 0 Å². The second-order valence-electron chi connectivity index (χ2n) is 7.59. The van der Waals surface area contributed by atoms with E-state index in [0.29, 0.717) is 35.0 Å². The van der Waals surface area contributed by atoms with Crippen molar-refractivity contribution in [2.75, 3.05) is 29.2 Å². The van der Waals surface area contributed by atoms with E-state index in [4.69, 9.17) is 4.74 Å². The normalized spacial score (nSPS) is 18.1. The predicted molar refractivity (Wildman–Crippen MR) is 118 cm³/mol. The lowest BCUT2D eigenvalue weighted by molar-refractivity contribution is -0.137. The van der Waals surface area contributed by atoms with Crippen molar-refractivity contribution in [2.24, 2.45) is 0 Å². The van der Waals surface area contributed by atoms with Crippen LogP contribution in [0.15, 0.2) is 41.3 Å². The van der Waals surface area contributed by atoms with Gasteiger partial charge in [0.15, 0.2) is 0 Å². The number of carbonyl (C=O) groups excluding carboxylic acids is 3. The van der Waals surface area contributed by atoms with Gasteiger partial charge in [-0.3, -0.25) is 14.4 Å². The zero-order valence-corrected chi connectivity index (χ0v) is 18.3. The molecule has 0 saturated carbocycles. The molecule has 0 unspecified atom stereocenters. The van der Waals surface area contributed by atoms with Crippen LogP contribution in [0, 0.1) is 0 Å². The first-order valence-electron chi connectivity index (χ1n) is 10.1. The number of carbonyl (C=O) groups is 3. The van der Waals surface area contributed by atoms with Crippen molar-refractivity contribution in [3.05, 3.63) is 42.0 Å². The number of ether oxygens (including phenoxy) is 1. The molecule has 2 aliphatic rings. The van der Waals surface area contributed by atoms with E-state index in [-0.39, 0.29) is 18.0 Å². The zero-order valence-electron chi connectivity index (χ0n) is 17.5. The van der Waals surface area contributed by atoms with Gasteiger partial charge in [-0.2, -0.15) is 13.2 Å². The molecule has 174 valence electrons. The van der Waals surface area contributed by atoms with E-state index < -0.39 is 28.8 Å². The standard InChI is InChI=1S/C22H20F3N3O4S/c1-32-16-10-13(5-6-15(16)28-8-2-3-20(28)30)26-19(29)11-18-21(31)27-14-9-12(22(23,24)25)4-7-17(14)33-18/h4-7,9-10,18H,2-3,8,11H2,1H3,(H,26,29)(H,27,31)/t18-/m1/s1. The minimum Gasteiger partial charge on any atom is -0.494 e. The summed E-state index contributed by atoms with van der Waals surface area (Å²) in [5.41, 5.74) is 0.276. The second kappa shape index (κ2) is 8.97. The summed E-state index contributed by atoms with van der Waals surface area (Å²) in [5.74, 6) is -0.539. The summed E-state index contributed by atoms with van der Waals surface area (Å²) in [7, 11) is 1.47. The second-order valence-corrected chi connectivity index (χ2v) is 8.84. The number of nitrogens with zero attached hydrogens (tertiary/aromatic N) is 1. The number of nitrogens with one attached hydrogen (secondary N) is 2. The highest BCUT2D eigenvalue weighted by atomic mass is 32.2. The van der Waals surface area contributed by atoms with Crippen molar-refractivity contribution in [3.8, 4) is 5.75 Å². The molecule has 7 nitrogen and oxygen atoms in total. The Balaban J connectivity index is 1.43. The molecule has 4 rings (SSSR count). The fourth-order valence-electron chi connectivity index (χ4n) is 3.72. The van der Waals surface area contributed by atoms with Crippen LogP contribution in [0.5, 0.6) is 5.75 Å². The number of methoxy groups -OCH3 is 1. The van der Waals surface area contributed by atoms with E-state index in [9.17, 15) is 27.6 Å². The summed E-state index contributed by atoms with van der Waals surface area (Å²) in [6.07, 6.45) is -3.45. The highest BCUT2D eigenvalue weighted by molar-refractivity contribution is 8.01. The Morgan fingerprint density at radius 3 is 2.70 bits per heavy atom. The molecule has 2 heterocycles. The van der Waals surface area contributed by atoms with Crippen molar-refractivity contribution < 1.29 is 32.3 Å². The molecule has 1 atom stereocenters. The SMILES string of the molecule is COc1cc(NC(=O)C[C@H]2Sc3ccc(C(F)(F)F)cc3NC2=O)ccc1N1CCCC1=O. The smallest absolute Gasteiger partial charge is 0.416 e. The number of benzene rings is 2. The highest BCUT2D eigenvalue weighted by Gasteiger charge is 2.34. The third kappa shape index (κ3) is 4.92. The maximum atomic E-state index is 12.9. The maximum absolute atomic E-state index is 12.9. The summed E-state index contributed by atoms with van der Waals surface area (Å²) >= 11 is 1.04. The maximum Gasteiger partial charge on any atom is 0.416 e. The van der Waals surface area contributed by atoms with Crippen LogP contribution in [0.25, 0.3) is 0 Å². The number of fused-ring (bicyclic) bond motifs is 1. The first-order valence-corrected chi connectivity index (χ1v) is 11.0. The summed E-state index contributed by atoms with van der Waals surface area (Å²) in [6.45, 7) is 0.598. The number of hydrogen-bond acceptors (Lipinski definition) is 5. The molecule has 33 heavy (non-hydrogen) atoms. The fraction of sp³-hybridized carbons (Fsp3) is 0.318. The van der Waals surface area contributed by atoms with E-state index in [0.717, 1.165) is 30.3 Å². The van der Waals surface area contributed by atoms with Crippen LogP contribution in [0.1, 0.15) is 24.8 Å². The largest absolute Gasteiger partial charge is 0.494 e. The molecule has 0 bridgehead atoms. The van der Waals surface area contributed by atoms with Gasteiger partial charge in [0.25, 0.3) is 0 Å². The Bertz CT molecular complexity index is 1120. The summed E-state index contributed by atoms with van der Waals surface area (Å²) in [4.78, 5) is 39.0. The number of alkyl halides is 3. The Morgan fingerprint density at radius 1 is 1.24 bits per heavy atom. The molecular formula is C22H20F3N3O4S. The molecule has 0 aliphatic carbocycles. The van der Waals surface area contributed by atoms with Gasteiger partial charge in [-0.05, 0) is 36.8 Å². The minimum absolute atomic E-state index is 0.00746. The number of anilines is 3. The molecule has 0 radical (unpaired) electrons. The van der Waals surface area contributed by atoms with Gasteiger partial charge < -0.3 is 20.3 Å². The summed E-state index contributed by atoms with van der Waals surface area (Å²) < 4.78 is 44.1. The number of thioether (sulfide) groups is 1. The van der Waals surface area contributed by atoms with Crippen LogP contribution in [0.4, 0.5) is 30.2 Å². The van der Waals surface area contributed by atoms with E-state index in [1.54, 1.807) is 23.1 Å². The lowest BCUT2D eigenvalue weighted by Crippen LogP contribution is -2.32. The third-order valence-electron chi connectivity index (χ3n) is 5.32. The molecular weight excluding hydrogens is 459 g/mol. The molecule has 0 spiro atoms. The predicted octanol–water partition coefficient (Wildman–Crippen LogP) is 4.28. The van der Waals surface area contributed by atoms with Crippen LogP contribution >= 0.6 is 11.8 Å². The van der Waals surface area contributed by atoms with Crippen LogP contribution in [0.2, 0.25) is 0 Å². The van der Waals surface area contributed by atoms with Gasteiger partial charge >= 0.3 is 6.18 Å². The van der Waals surface area contributed by atoms with E-state index in [2.05, 4.69) is 10.6 Å². The minimum atomic E-state index is -4.51. The first kappa shape index (κ1) is 23.0. The molecule has 1 saturated heterocycles. The zero-order chi connectivity index (χ0) is 23.8. The number of amides is 3. The van der Waals surface area contributed by atoms with E-state index in [1.807, 2.05) is 0 Å². The van der Waals surface area contributed by atoms with Gasteiger partial charge in [0.05, 0.1) is 29.3 Å². The van der Waals surface area contributed by atoms with Crippen LogP contribution in [0.3, 0.4) is 0 Å². The molecule has 2 N–H and O–H groups in total. The van der Waals surface area contributed by atoms with Crippen LogP contribution in [-0.2, 0) is 20.6 Å². The van der Waals surface area contributed by atoms with Crippen LogP contribution < -0.4 is 20.3 Å². The van der Waals surface area contributed by atoms with Crippen molar-refractivity contribution >= 4 is 46.5 Å². The Morgan fingerprint density at radius 2 is 2.03 bits per heavy atom. The van der Waals surface area contributed by atoms with Gasteiger partial charge in [0.1, 0.15) is 5.75 Å². The Labute approximate surface area is 191 Å². The average Bonchev–Trinajstić information content (AvgIpc) is 3.18. The first-order chi connectivity index (χ1) is 15.7. The fourth-order valence-corrected chi connectivity index (χ4v) is 4.81. The number of halogens is 3. The average molecular weight is 479 g/mol. The van der Waals surface area contributed by atoms with Crippen LogP contribution in [-0.4, -0.2) is 36.6 Å². The molecule has 2 aromatic rings. The van der Waals surface area contributed by atoms with Gasteiger partial charge in [-0.15, -0.1) is 11.8 Å². The highest BCUT2D eigenvalue weighted by Crippen LogP contribution is 2.41. The lowest BCUT2D eigenvalue weighted by atomic mass is 10.1. The van der Waals surface area contributed by atoms with Gasteiger partial charge in [-0.1, -0.05) is 0 Å². The molecule has 0 aromatic heterocycles. The topological polar surface area (TPSA) is 87.7 Å². The molecule has 3 amide bonds. The van der Waals surface area contributed by atoms with Gasteiger partial charge in [0, 0.05) is 36.0 Å². The van der Waals surface area contributed by atoms with Crippen molar-refractivity contribution in [1.29, 1.82) is 0 Å². The Kier molecular flexibility index (Phi) is 6.24. The molecule has 2 aliphatic heterocycles. The molecule has 2 aromatic carbocycles. The monoisotopic (exact) mass is 479 g/mol. The summed E-state index contributed by atoms with van der Waals surface area (Å²) in [5, 5.41) is 4.36. The van der Waals surface area contributed by atoms with Crippen molar-refractivity contribution in [3.63, 3.8) is 0 Å². The number of hydrogen-bond donors (Lipinski definition) is 2. The van der Waals surface area contributed by atoms with Gasteiger partial charge in [0.2, 0.25) is 17.7 Å².